The van der Waals surface area contributed by atoms with Crippen LogP contribution in [0.3, 0.4) is 0 Å². The lowest BCUT2D eigenvalue weighted by molar-refractivity contribution is 0.203. The highest BCUT2D eigenvalue weighted by Gasteiger charge is 2.17. The Morgan fingerprint density at radius 2 is 2.20 bits per heavy atom. The molecule has 4 nitrogen and oxygen atoms in total. The summed E-state index contributed by atoms with van der Waals surface area (Å²) >= 11 is 0. The van der Waals surface area contributed by atoms with Gasteiger partial charge in [0, 0.05) is 32.1 Å². The number of rotatable bonds is 6. The number of ether oxygens (including phenoxy) is 1. The zero-order valence-electron chi connectivity index (χ0n) is 12.8. The van der Waals surface area contributed by atoms with E-state index in [1.54, 1.807) is 7.11 Å². The van der Waals surface area contributed by atoms with Crippen molar-refractivity contribution in [2.45, 2.75) is 33.1 Å². The molecule has 2 rings (SSSR count). The molecular formula is C16H25N3O. The summed E-state index contributed by atoms with van der Waals surface area (Å²) in [5, 5.41) is 0. The molecule has 1 aliphatic rings. The van der Waals surface area contributed by atoms with Gasteiger partial charge in [0.05, 0.1) is 6.61 Å². The lowest BCUT2D eigenvalue weighted by atomic mass is 9.94. The molecule has 0 amide bonds. The average Bonchev–Trinajstić information content (AvgIpc) is 2.47. The molecule has 0 aromatic carbocycles. The number of allylic oxidation sites excluding steroid dienone is 2. The Labute approximate surface area is 121 Å². The monoisotopic (exact) mass is 275 g/mol. The van der Waals surface area contributed by atoms with Crippen LogP contribution < -0.4 is 4.90 Å². The lowest BCUT2D eigenvalue weighted by Gasteiger charge is -2.28. The molecule has 0 spiro atoms. The van der Waals surface area contributed by atoms with Crippen LogP contribution in [0.25, 0.3) is 0 Å². The van der Waals surface area contributed by atoms with Crippen LogP contribution >= 0.6 is 0 Å². The zero-order chi connectivity index (χ0) is 14.4. The van der Waals surface area contributed by atoms with Crippen LogP contribution in [-0.2, 0) is 4.74 Å². The van der Waals surface area contributed by atoms with Crippen molar-refractivity contribution in [3.8, 4) is 0 Å². The highest BCUT2D eigenvalue weighted by Crippen LogP contribution is 2.21. The number of hydrogen-bond donors (Lipinski definition) is 0. The van der Waals surface area contributed by atoms with E-state index in [1.165, 1.54) is 12.8 Å². The van der Waals surface area contributed by atoms with E-state index >= 15 is 0 Å². The van der Waals surface area contributed by atoms with E-state index in [0.29, 0.717) is 12.5 Å². The highest BCUT2D eigenvalue weighted by atomic mass is 16.5. The quantitative estimate of drug-likeness (QED) is 0.748. The minimum atomic E-state index is 0.696. The Bertz CT molecular complexity index is 459. The van der Waals surface area contributed by atoms with Crippen molar-refractivity contribution in [2.24, 2.45) is 5.92 Å². The topological polar surface area (TPSA) is 38.2 Å². The maximum atomic E-state index is 5.23. The average molecular weight is 275 g/mol. The molecule has 1 heterocycles. The van der Waals surface area contributed by atoms with Crippen molar-refractivity contribution < 1.29 is 4.74 Å². The van der Waals surface area contributed by atoms with Crippen molar-refractivity contribution in [3.05, 3.63) is 29.6 Å². The van der Waals surface area contributed by atoms with Gasteiger partial charge < -0.3 is 9.64 Å². The maximum absolute atomic E-state index is 5.23. The number of hydrogen-bond acceptors (Lipinski definition) is 4. The van der Waals surface area contributed by atoms with Gasteiger partial charge in [-0.3, -0.25) is 0 Å². The number of methoxy groups -OCH3 is 1. The molecule has 110 valence electrons. The number of nitrogens with zero attached hydrogens (tertiary/aromatic N) is 3. The first-order valence-electron chi connectivity index (χ1n) is 7.40. The second-order valence-electron chi connectivity index (χ2n) is 5.53. The Morgan fingerprint density at radius 3 is 2.85 bits per heavy atom. The Morgan fingerprint density at radius 1 is 1.35 bits per heavy atom. The van der Waals surface area contributed by atoms with E-state index in [-0.39, 0.29) is 0 Å². The molecule has 0 aliphatic heterocycles. The molecule has 1 aromatic rings. The largest absolute Gasteiger partial charge is 0.383 e. The van der Waals surface area contributed by atoms with Crippen molar-refractivity contribution in [1.82, 2.24) is 9.97 Å². The summed E-state index contributed by atoms with van der Waals surface area (Å²) < 4.78 is 5.23. The van der Waals surface area contributed by atoms with Gasteiger partial charge in [-0.1, -0.05) is 12.2 Å². The van der Waals surface area contributed by atoms with Crippen LogP contribution in [0, 0.1) is 19.8 Å². The number of anilines is 1. The normalized spacial score (nSPS) is 18.2. The van der Waals surface area contributed by atoms with Crippen molar-refractivity contribution in [2.75, 3.05) is 31.7 Å². The molecule has 1 aliphatic carbocycles. The van der Waals surface area contributed by atoms with Crippen LogP contribution in [0.2, 0.25) is 0 Å². The molecule has 20 heavy (non-hydrogen) atoms. The Hall–Kier alpha value is -1.42. The third-order valence-corrected chi connectivity index (χ3v) is 3.92. The Kier molecular flexibility index (Phi) is 5.53. The fourth-order valence-corrected chi connectivity index (χ4v) is 2.48. The molecule has 0 saturated carbocycles. The molecule has 0 saturated heterocycles. The first-order valence-corrected chi connectivity index (χ1v) is 7.40. The summed E-state index contributed by atoms with van der Waals surface area (Å²) in [5.74, 6) is 1.53. The van der Waals surface area contributed by atoms with Gasteiger partial charge in [0.25, 0.3) is 0 Å². The van der Waals surface area contributed by atoms with Crippen LogP contribution in [0.4, 0.5) is 5.95 Å². The molecule has 1 atom stereocenters. The lowest BCUT2D eigenvalue weighted by Crippen LogP contribution is -2.34. The van der Waals surface area contributed by atoms with Gasteiger partial charge >= 0.3 is 0 Å². The van der Waals surface area contributed by atoms with Crippen molar-refractivity contribution in [3.63, 3.8) is 0 Å². The van der Waals surface area contributed by atoms with Gasteiger partial charge in [-0.2, -0.15) is 0 Å². The van der Waals surface area contributed by atoms with Gasteiger partial charge in [-0.25, -0.2) is 9.97 Å². The second-order valence-corrected chi connectivity index (χ2v) is 5.53. The molecule has 0 bridgehead atoms. The molecule has 1 aromatic heterocycles. The van der Waals surface area contributed by atoms with E-state index in [4.69, 9.17) is 4.74 Å². The SMILES string of the molecule is COCCN(CC1CC=CCC1)c1ncc(C)c(C)n1. The summed E-state index contributed by atoms with van der Waals surface area (Å²) in [4.78, 5) is 11.4. The molecule has 4 heteroatoms. The summed E-state index contributed by atoms with van der Waals surface area (Å²) in [6, 6.07) is 0. The van der Waals surface area contributed by atoms with E-state index < -0.39 is 0 Å². The van der Waals surface area contributed by atoms with E-state index in [1.807, 2.05) is 20.0 Å². The maximum Gasteiger partial charge on any atom is 0.225 e. The van der Waals surface area contributed by atoms with Crippen molar-refractivity contribution >= 4 is 5.95 Å². The van der Waals surface area contributed by atoms with Crippen LogP contribution in [0.1, 0.15) is 30.5 Å². The molecule has 0 N–H and O–H groups in total. The van der Waals surface area contributed by atoms with E-state index in [9.17, 15) is 0 Å². The van der Waals surface area contributed by atoms with Crippen LogP contribution in [0.5, 0.6) is 0 Å². The predicted octanol–water partition coefficient (Wildman–Crippen LogP) is 2.90. The highest BCUT2D eigenvalue weighted by molar-refractivity contribution is 5.32. The zero-order valence-corrected chi connectivity index (χ0v) is 12.8. The van der Waals surface area contributed by atoms with E-state index in [2.05, 4.69) is 27.0 Å². The predicted molar refractivity (Wildman–Crippen MR) is 82.1 cm³/mol. The first-order chi connectivity index (χ1) is 9.70. The summed E-state index contributed by atoms with van der Waals surface area (Å²) in [5.41, 5.74) is 2.20. The fourth-order valence-electron chi connectivity index (χ4n) is 2.48. The van der Waals surface area contributed by atoms with Gasteiger partial charge in [0.15, 0.2) is 0 Å². The van der Waals surface area contributed by atoms with Crippen LogP contribution in [-0.4, -0.2) is 36.8 Å². The van der Waals surface area contributed by atoms with Crippen molar-refractivity contribution in [1.29, 1.82) is 0 Å². The summed E-state index contributed by atoms with van der Waals surface area (Å²) in [7, 11) is 1.74. The molecular weight excluding hydrogens is 250 g/mol. The third-order valence-electron chi connectivity index (χ3n) is 3.92. The molecule has 0 radical (unpaired) electrons. The van der Waals surface area contributed by atoms with Gasteiger partial charge in [0.1, 0.15) is 0 Å². The second kappa shape index (κ2) is 7.39. The number of aromatic nitrogens is 2. The third kappa shape index (κ3) is 4.04. The summed E-state index contributed by atoms with van der Waals surface area (Å²) in [6.45, 7) is 6.65. The first kappa shape index (κ1) is 15.0. The van der Waals surface area contributed by atoms with Gasteiger partial charge in [-0.05, 0) is 44.6 Å². The van der Waals surface area contributed by atoms with Gasteiger partial charge in [0.2, 0.25) is 5.95 Å². The van der Waals surface area contributed by atoms with E-state index in [0.717, 1.165) is 36.7 Å². The smallest absolute Gasteiger partial charge is 0.225 e. The minimum absolute atomic E-state index is 0.696. The van der Waals surface area contributed by atoms with Crippen LogP contribution in [0.15, 0.2) is 18.3 Å². The Balaban J connectivity index is 2.08. The summed E-state index contributed by atoms with van der Waals surface area (Å²) in [6.07, 6.45) is 10.1. The minimum Gasteiger partial charge on any atom is -0.383 e. The standard InChI is InChI=1S/C16H25N3O/c1-13-11-17-16(18-14(13)2)19(9-10-20-3)12-15-7-5-4-6-8-15/h4-5,11,15H,6-10,12H2,1-3H3. The van der Waals surface area contributed by atoms with Gasteiger partial charge in [-0.15, -0.1) is 0 Å². The number of aryl methyl sites for hydroxylation is 2. The fraction of sp³-hybridized carbons (Fsp3) is 0.625. The molecule has 1 unspecified atom stereocenters. The molecule has 0 fully saturated rings.